The molecule has 0 aliphatic carbocycles. The van der Waals surface area contributed by atoms with Crippen LogP contribution in [0.4, 0.5) is 5.69 Å². The lowest BCUT2D eigenvalue weighted by Gasteiger charge is -2.26. The van der Waals surface area contributed by atoms with Gasteiger partial charge in [0.05, 0.1) is 6.54 Å². The van der Waals surface area contributed by atoms with E-state index in [2.05, 4.69) is 25.8 Å². The van der Waals surface area contributed by atoms with Gasteiger partial charge in [-0.1, -0.05) is 20.8 Å². The Morgan fingerprint density at radius 3 is 2.86 bits per heavy atom. The maximum atomic E-state index is 12.1. The van der Waals surface area contributed by atoms with Crippen LogP contribution in [0.3, 0.4) is 0 Å². The number of benzene rings is 1. The first-order valence-corrected chi connectivity index (χ1v) is 7.25. The number of nitrogen functional groups attached to an aromatic ring is 1. The molecule has 1 saturated heterocycles. The van der Waals surface area contributed by atoms with Crippen LogP contribution in [0, 0.1) is 11.3 Å². The standard InChI is InChI=1S/C16H21N3O2/c1-16(2,3)10-6-15(20)19(8-10)9-14-18-12-7-11(17)4-5-13(12)21-14/h4-5,7,10H,6,8-9,17H2,1-3H3. The van der Waals surface area contributed by atoms with Crippen LogP contribution in [0.5, 0.6) is 0 Å². The maximum absolute atomic E-state index is 12.1. The van der Waals surface area contributed by atoms with Crippen molar-refractivity contribution in [2.24, 2.45) is 11.3 Å². The smallest absolute Gasteiger partial charge is 0.223 e. The van der Waals surface area contributed by atoms with Crippen LogP contribution in [0.15, 0.2) is 22.6 Å². The molecule has 0 radical (unpaired) electrons. The van der Waals surface area contributed by atoms with Crippen LogP contribution in [0.25, 0.3) is 11.1 Å². The number of carbonyl (C=O) groups excluding carboxylic acids is 1. The number of carbonyl (C=O) groups is 1. The molecule has 1 unspecified atom stereocenters. The van der Waals surface area contributed by atoms with Crippen molar-refractivity contribution in [3.8, 4) is 0 Å². The number of nitrogens with two attached hydrogens (primary N) is 1. The van der Waals surface area contributed by atoms with Crippen molar-refractivity contribution in [2.75, 3.05) is 12.3 Å². The zero-order valence-corrected chi connectivity index (χ0v) is 12.7. The van der Waals surface area contributed by atoms with Gasteiger partial charge < -0.3 is 15.1 Å². The van der Waals surface area contributed by atoms with Gasteiger partial charge in [-0.3, -0.25) is 4.79 Å². The highest BCUT2D eigenvalue weighted by molar-refractivity contribution is 5.79. The minimum absolute atomic E-state index is 0.139. The SMILES string of the molecule is CC(C)(C)C1CC(=O)N(Cc2nc3cc(N)ccc3o2)C1. The summed E-state index contributed by atoms with van der Waals surface area (Å²) in [6.45, 7) is 7.73. The molecule has 2 heterocycles. The molecule has 3 rings (SSSR count). The highest BCUT2D eigenvalue weighted by Crippen LogP contribution is 2.35. The Hall–Kier alpha value is -2.04. The quantitative estimate of drug-likeness (QED) is 0.862. The van der Waals surface area contributed by atoms with E-state index in [4.69, 9.17) is 10.2 Å². The van der Waals surface area contributed by atoms with Crippen molar-refractivity contribution in [2.45, 2.75) is 33.7 Å². The van der Waals surface area contributed by atoms with Crippen LogP contribution in [0.1, 0.15) is 33.1 Å². The predicted octanol–water partition coefficient (Wildman–Crippen LogP) is 2.80. The number of anilines is 1. The second-order valence-electron chi connectivity index (χ2n) is 6.88. The summed E-state index contributed by atoms with van der Waals surface area (Å²) in [5, 5.41) is 0. The van der Waals surface area contributed by atoms with Gasteiger partial charge in [0.15, 0.2) is 5.58 Å². The molecule has 112 valence electrons. The molecule has 1 aromatic heterocycles. The van der Waals surface area contributed by atoms with Gasteiger partial charge in [0.25, 0.3) is 0 Å². The van der Waals surface area contributed by atoms with Crippen molar-refractivity contribution in [3.63, 3.8) is 0 Å². The lowest BCUT2D eigenvalue weighted by Crippen LogP contribution is -2.27. The largest absolute Gasteiger partial charge is 0.439 e. The van der Waals surface area contributed by atoms with Crippen molar-refractivity contribution in [3.05, 3.63) is 24.1 Å². The van der Waals surface area contributed by atoms with Gasteiger partial charge in [-0.15, -0.1) is 0 Å². The number of amides is 1. The summed E-state index contributed by atoms with van der Waals surface area (Å²) in [6.07, 6.45) is 0.608. The second-order valence-corrected chi connectivity index (χ2v) is 6.88. The summed E-state index contributed by atoms with van der Waals surface area (Å²) in [7, 11) is 0. The van der Waals surface area contributed by atoms with E-state index in [9.17, 15) is 4.79 Å². The summed E-state index contributed by atoms with van der Waals surface area (Å²) >= 11 is 0. The number of fused-ring (bicyclic) bond motifs is 1. The van der Waals surface area contributed by atoms with Crippen molar-refractivity contribution >= 4 is 22.7 Å². The third kappa shape index (κ3) is 2.73. The molecule has 0 saturated carbocycles. The highest BCUT2D eigenvalue weighted by Gasteiger charge is 2.37. The molecule has 1 amide bonds. The molecule has 1 aliphatic heterocycles. The number of nitrogens with zero attached hydrogens (tertiary/aromatic N) is 2. The van der Waals surface area contributed by atoms with Gasteiger partial charge in [-0.05, 0) is 29.5 Å². The highest BCUT2D eigenvalue weighted by atomic mass is 16.3. The van der Waals surface area contributed by atoms with Gasteiger partial charge >= 0.3 is 0 Å². The van der Waals surface area contributed by atoms with Gasteiger partial charge in [0.1, 0.15) is 5.52 Å². The molecule has 0 bridgehead atoms. The molecule has 2 N–H and O–H groups in total. The normalized spacial score (nSPS) is 19.7. The average Bonchev–Trinajstić information content (AvgIpc) is 2.93. The molecule has 2 aromatic rings. The summed E-state index contributed by atoms with van der Waals surface area (Å²) in [5.74, 6) is 1.13. The molecule has 21 heavy (non-hydrogen) atoms. The van der Waals surface area contributed by atoms with Crippen molar-refractivity contribution in [1.29, 1.82) is 0 Å². The second kappa shape index (κ2) is 4.76. The van der Waals surface area contributed by atoms with Gasteiger partial charge in [0, 0.05) is 18.7 Å². The van der Waals surface area contributed by atoms with Crippen molar-refractivity contribution < 1.29 is 9.21 Å². The van der Waals surface area contributed by atoms with Crippen molar-refractivity contribution in [1.82, 2.24) is 9.88 Å². The Balaban J connectivity index is 1.78. The van der Waals surface area contributed by atoms with Crippen LogP contribution < -0.4 is 5.73 Å². The van der Waals surface area contributed by atoms with E-state index < -0.39 is 0 Å². The molecule has 5 nitrogen and oxygen atoms in total. The third-order valence-corrected chi connectivity index (χ3v) is 4.22. The van der Waals surface area contributed by atoms with Crippen LogP contribution in [-0.2, 0) is 11.3 Å². The fourth-order valence-corrected chi connectivity index (χ4v) is 2.73. The van der Waals surface area contributed by atoms with Gasteiger partial charge in [-0.25, -0.2) is 4.98 Å². The Labute approximate surface area is 124 Å². The minimum Gasteiger partial charge on any atom is -0.439 e. The number of hydrogen-bond acceptors (Lipinski definition) is 4. The van der Waals surface area contributed by atoms with Crippen LogP contribution >= 0.6 is 0 Å². The predicted molar refractivity (Wildman–Crippen MR) is 81.4 cm³/mol. The number of rotatable bonds is 2. The monoisotopic (exact) mass is 287 g/mol. The van der Waals surface area contributed by atoms with Gasteiger partial charge in [0.2, 0.25) is 11.8 Å². The summed E-state index contributed by atoms with van der Waals surface area (Å²) < 4.78 is 5.69. The zero-order chi connectivity index (χ0) is 15.2. The first kappa shape index (κ1) is 13.9. The van der Waals surface area contributed by atoms with E-state index in [0.29, 0.717) is 36.0 Å². The first-order chi connectivity index (χ1) is 9.83. The average molecular weight is 287 g/mol. The number of likely N-dealkylation sites (tertiary alicyclic amines) is 1. The summed E-state index contributed by atoms with van der Waals surface area (Å²) in [6, 6.07) is 5.38. The zero-order valence-electron chi connectivity index (χ0n) is 12.7. The molecule has 1 fully saturated rings. The lowest BCUT2D eigenvalue weighted by molar-refractivity contribution is -0.128. The number of aromatic nitrogens is 1. The Bertz CT molecular complexity index is 684. The van der Waals surface area contributed by atoms with E-state index >= 15 is 0 Å². The van der Waals surface area contributed by atoms with Gasteiger partial charge in [-0.2, -0.15) is 0 Å². The maximum Gasteiger partial charge on any atom is 0.223 e. The van der Waals surface area contributed by atoms with E-state index in [1.807, 2.05) is 11.0 Å². The summed E-state index contributed by atoms with van der Waals surface area (Å²) in [4.78, 5) is 18.4. The molecule has 5 heteroatoms. The number of hydrogen-bond donors (Lipinski definition) is 1. The topological polar surface area (TPSA) is 72.4 Å². The van der Waals surface area contributed by atoms with Crippen LogP contribution in [0.2, 0.25) is 0 Å². The molecule has 1 aliphatic rings. The molecule has 0 spiro atoms. The number of oxazole rings is 1. The molecule has 1 aromatic carbocycles. The summed E-state index contributed by atoms with van der Waals surface area (Å²) in [5.41, 5.74) is 7.98. The third-order valence-electron chi connectivity index (χ3n) is 4.22. The fraction of sp³-hybridized carbons (Fsp3) is 0.500. The Morgan fingerprint density at radius 1 is 1.43 bits per heavy atom. The van der Waals surface area contributed by atoms with Crippen LogP contribution in [-0.4, -0.2) is 22.3 Å². The Morgan fingerprint density at radius 2 is 2.19 bits per heavy atom. The molecule has 1 atom stereocenters. The Kier molecular flexibility index (Phi) is 3.15. The minimum atomic E-state index is 0.139. The first-order valence-electron chi connectivity index (χ1n) is 7.25. The van der Waals surface area contributed by atoms with E-state index in [-0.39, 0.29) is 11.3 Å². The van der Waals surface area contributed by atoms with E-state index in [0.717, 1.165) is 12.1 Å². The lowest BCUT2D eigenvalue weighted by atomic mass is 9.80. The van der Waals surface area contributed by atoms with E-state index in [1.54, 1.807) is 12.1 Å². The molecular formula is C16H21N3O2. The van der Waals surface area contributed by atoms with E-state index in [1.165, 1.54) is 0 Å². The molecular weight excluding hydrogens is 266 g/mol. The fourth-order valence-electron chi connectivity index (χ4n) is 2.73.